The predicted octanol–water partition coefficient (Wildman–Crippen LogP) is 7.43. The van der Waals surface area contributed by atoms with Gasteiger partial charge in [-0.25, -0.2) is 4.98 Å². The maximum atomic E-state index is 12.5. The summed E-state index contributed by atoms with van der Waals surface area (Å²) in [6.45, 7) is 0. The minimum atomic E-state index is -0.255. The highest BCUT2D eigenvalue weighted by molar-refractivity contribution is 7.99. The summed E-state index contributed by atoms with van der Waals surface area (Å²) in [7, 11) is 0. The van der Waals surface area contributed by atoms with E-state index in [2.05, 4.69) is 10.3 Å². The molecule has 4 aromatic rings. The van der Waals surface area contributed by atoms with Gasteiger partial charge in [0.1, 0.15) is 0 Å². The largest absolute Gasteiger partial charge is 0.332 e. The van der Waals surface area contributed by atoms with Crippen molar-refractivity contribution in [2.75, 3.05) is 11.1 Å². The zero-order chi connectivity index (χ0) is 21.8. The van der Waals surface area contributed by atoms with Crippen LogP contribution in [0.1, 0.15) is 0 Å². The minimum absolute atomic E-state index is 0.130. The lowest BCUT2D eigenvalue weighted by molar-refractivity contribution is -0.113. The Kier molecular flexibility index (Phi) is 6.88. The smallest absolute Gasteiger partial charge is 0.234 e. The molecular weight excluding hydrogens is 473 g/mol. The highest BCUT2D eigenvalue weighted by Gasteiger charge is 2.16. The molecule has 2 N–H and O–H groups in total. The summed E-state index contributed by atoms with van der Waals surface area (Å²) in [4.78, 5) is 20.6. The van der Waals surface area contributed by atoms with E-state index in [1.54, 1.807) is 0 Å². The van der Waals surface area contributed by atoms with Crippen LogP contribution in [-0.4, -0.2) is 21.6 Å². The zero-order valence-electron chi connectivity index (χ0n) is 16.0. The fourth-order valence-electron chi connectivity index (χ4n) is 3.01. The van der Waals surface area contributed by atoms with Gasteiger partial charge >= 0.3 is 0 Å². The lowest BCUT2D eigenvalue weighted by Gasteiger charge is -2.09. The number of aromatic amines is 1. The van der Waals surface area contributed by atoms with E-state index in [1.807, 2.05) is 60.7 Å². The molecular formula is C23H16Cl3N3OS. The van der Waals surface area contributed by atoms with Gasteiger partial charge in [0.25, 0.3) is 0 Å². The molecule has 0 radical (unpaired) electrons. The van der Waals surface area contributed by atoms with Crippen LogP contribution in [0.25, 0.3) is 22.5 Å². The van der Waals surface area contributed by atoms with Crippen molar-refractivity contribution in [3.05, 3.63) is 87.9 Å². The Morgan fingerprint density at radius 1 is 0.903 bits per heavy atom. The average molecular weight is 489 g/mol. The van der Waals surface area contributed by atoms with Crippen LogP contribution in [0.5, 0.6) is 0 Å². The molecule has 4 nitrogen and oxygen atoms in total. The molecule has 0 aliphatic heterocycles. The third kappa shape index (κ3) is 5.25. The van der Waals surface area contributed by atoms with E-state index in [-0.39, 0.29) is 21.7 Å². The van der Waals surface area contributed by atoms with Gasteiger partial charge in [-0.05, 0) is 12.1 Å². The summed E-state index contributed by atoms with van der Waals surface area (Å²) in [5.74, 6) is -0.124. The summed E-state index contributed by atoms with van der Waals surface area (Å²) in [6, 6.07) is 22.9. The van der Waals surface area contributed by atoms with Crippen molar-refractivity contribution in [2.45, 2.75) is 5.16 Å². The summed E-state index contributed by atoms with van der Waals surface area (Å²) in [5, 5.41) is 4.35. The van der Waals surface area contributed by atoms with Crippen molar-refractivity contribution in [3.8, 4) is 22.5 Å². The maximum Gasteiger partial charge on any atom is 0.234 e. The number of nitrogens with one attached hydrogen (secondary N) is 2. The van der Waals surface area contributed by atoms with Crippen LogP contribution in [0, 0.1) is 0 Å². The van der Waals surface area contributed by atoms with Crippen LogP contribution in [0.15, 0.2) is 78.0 Å². The molecule has 1 aromatic heterocycles. The maximum absolute atomic E-state index is 12.5. The third-order valence-electron chi connectivity index (χ3n) is 4.40. The summed E-state index contributed by atoms with van der Waals surface area (Å²) in [5.41, 5.74) is 4.09. The molecule has 0 spiro atoms. The number of carbonyl (C=O) groups is 1. The Hall–Kier alpha value is -2.44. The van der Waals surface area contributed by atoms with Crippen molar-refractivity contribution in [3.63, 3.8) is 0 Å². The Labute approximate surface area is 199 Å². The summed E-state index contributed by atoms with van der Waals surface area (Å²) >= 11 is 19.5. The number of benzene rings is 3. The van der Waals surface area contributed by atoms with E-state index in [0.717, 1.165) is 22.5 Å². The number of halogens is 3. The molecule has 0 saturated carbocycles. The minimum Gasteiger partial charge on any atom is -0.332 e. The third-order valence-corrected chi connectivity index (χ3v) is 6.09. The molecule has 8 heteroatoms. The summed E-state index contributed by atoms with van der Waals surface area (Å²) in [6.07, 6.45) is 0. The number of hydrogen-bond acceptors (Lipinski definition) is 3. The quantitative estimate of drug-likeness (QED) is 0.277. The SMILES string of the molecule is O=C(CSc1nc(-c2ccccc2)c(-c2ccccc2)[nH]1)Nc1c(Cl)cc(Cl)cc1Cl. The first-order valence-corrected chi connectivity index (χ1v) is 11.4. The van der Waals surface area contributed by atoms with Gasteiger partial charge in [-0.1, -0.05) is 107 Å². The molecule has 0 bridgehead atoms. The Balaban J connectivity index is 1.54. The molecule has 0 unspecified atom stereocenters. The van der Waals surface area contributed by atoms with Gasteiger partial charge in [0.15, 0.2) is 5.16 Å². The second-order valence-electron chi connectivity index (χ2n) is 6.58. The van der Waals surface area contributed by atoms with E-state index in [1.165, 1.54) is 23.9 Å². The van der Waals surface area contributed by atoms with Crippen LogP contribution < -0.4 is 5.32 Å². The first kappa shape index (κ1) is 21.8. The standard InChI is InChI=1S/C23H16Cl3N3OS/c24-16-11-17(25)22(18(26)12-16)27-19(30)13-31-23-28-20(14-7-3-1-4-8-14)21(29-23)15-9-5-2-6-10-15/h1-12H,13H2,(H,27,30)(H,28,29). The lowest BCUT2D eigenvalue weighted by atomic mass is 10.1. The molecule has 0 aliphatic carbocycles. The van der Waals surface area contributed by atoms with Crippen LogP contribution in [0.2, 0.25) is 15.1 Å². The molecule has 1 heterocycles. The van der Waals surface area contributed by atoms with Crippen LogP contribution >= 0.6 is 46.6 Å². The molecule has 0 atom stereocenters. The molecule has 156 valence electrons. The van der Waals surface area contributed by atoms with Gasteiger partial charge in [0, 0.05) is 16.1 Å². The summed E-state index contributed by atoms with van der Waals surface area (Å²) < 4.78 is 0. The van der Waals surface area contributed by atoms with Crippen molar-refractivity contribution < 1.29 is 4.79 Å². The number of amides is 1. The normalized spacial score (nSPS) is 10.8. The van der Waals surface area contributed by atoms with E-state index in [0.29, 0.717) is 15.9 Å². The van der Waals surface area contributed by atoms with Crippen molar-refractivity contribution in [1.29, 1.82) is 0 Å². The number of imidazole rings is 1. The first-order chi connectivity index (χ1) is 15.0. The number of hydrogen-bond donors (Lipinski definition) is 2. The van der Waals surface area contributed by atoms with Gasteiger partial charge in [0.05, 0.1) is 32.9 Å². The molecule has 1 amide bonds. The zero-order valence-corrected chi connectivity index (χ0v) is 19.1. The number of H-pyrrole nitrogens is 1. The second-order valence-corrected chi connectivity index (χ2v) is 8.79. The number of nitrogens with zero attached hydrogens (tertiary/aromatic N) is 1. The molecule has 0 saturated heterocycles. The molecule has 31 heavy (non-hydrogen) atoms. The Morgan fingerprint density at radius 3 is 2.10 bits per heavy atom. The lowest BCUT2D eigenvalue weighted by Crippen LogP contribution is -2.14. The molecule has 4 rings (SSSR count). The fourth-order valence-corrected chi connectivity index (χ4v) is 4.59. The van der Waals surface area contributed by atoms with Crippen molar-refractivity contribution in [1.82, 2.24) is 9.97 Å². The topological polar surface area (TPSA) is 57.8 Å². The Bertz CT molecular complexity index is 1130. The second kappa shape index (κ2) is 9.79. The number of thioether (sulfide) groups is 1. The number of anilines is 1. The number of aromatic nitrogens is 2. The number of carbonyl (C=O) groups excluding carboxylic acids is 1. The van der Waals surface area contributed by atoms with Crippen LogP contribution in [0.3, 0.4) is 0 Å². The highest BCUT2D eigenvalue weighted by atomic mass is 35.5. The average Bonchev–Trinajstić information content (AvgIpc) is 3.20. The van der Waals surface area contributed by atoms with Gasteiger partial charge in [0.2, 0.25) is 5.91 Å². The molecule has 3 aromatic carbocycles. The van der Waals surface area contributed by atoms with Crippen LogP contribution in [0.4, 0.5) is 5.69 Å². The first-order valence-electron chi connectivity index (χ1n) is 9.29. The van der Waals surface area contributed by atoms with Crippen molar-refractivity contribution in [2.24, 2.45) is 0 Å². The highest BCUT2D eigenvalue weighted by Crippen LogP contribution is 2.35. The van der Waals surface area contributed by atoms with Gasteiger partial charge in [-0.3, -0.25) is 4.79 Å². The molecule has 0 fully saturated rings. The van der Waals surface area contributed by atoms with Crippen molar-refractivity contribution >= 4 is 58.2 Å². The number of rotatable bonds is 6. The fraction of sp³-hybridized carbons (Fsp3) is 0.0435. The van der Waals surface area contributed by atoms with Gasteiger partial charge in [-0.2, -0.15) is 0 Å². The van der Waals surface area contributed by atoms with E-state index in [9.17, 15) is 4.79 Å². The van der Waals surface area contributed by atoms with Gasteiger partial charge < -0.3 is 10.3 Å². The Morgan fingerprint density at radius 2 is 1.48 bits per heavy atom. The van der Waals surface area contributed by atoms with E-state index in [4.69, 9.17) is 39.8 Å². The monoisotopic (exact) mass is 487 g/mol. The van der Waals surface area contributed by atoms with E-state index >= 15 is 0 Å². The predicted molar refractivity (Wildman–Crippen MR) is 130 cm³/mol. The molecule has 0 aliphatic rings. The van der Waals surface area contributed by atoms with E-state index < -0.39 is 0 Å². The van der Waals surface area contributed by atoms with Crippen LogP contribution in [-0.2, 0) is 4.79 Å². The van der Waals surface area contributed by atoms with Gasteiger partial charge in [-0.15, -0.1) is 0 Å².